The van der Waals surface area contributed by atoms with Gasteiger partial charge in [-0.1, -0.05) is 29.8 Å². The average Bonchev–Trinajstić information content (AvgIpc) is 3.18. The normalized spacial score (nSPS) is 16.5. The topological polar surface area (TPSA) is 95.2 Å². The molecule has 2 N–H and O–H groups in total. The Kier molecular flexibility index (Phi) is 6.51. The van der Waals surface area contributed by atoms with Gasteiger partial charge in [-0.25, -0.2) is 12.7 Å². The molecule has 1 fully saturated rings. The minimum absolute atomic E-state index is 0.0486. The number of halogens is 3. The first kappa shape index (κ1) is 22.3. The number of piperidine rings is 1. The number of benzene rings is 1. The number of H-pyrrole nitrogens is 1. The summed E-state index contributed by atoms with van der Waals surface area (Å²) in [4.78, 5) is 11.8. The van der Waals surface area contributed by atoms with E-state index in [2.05, 4.69) is 10.2 Å². The minimum atomic E-state index is -4.49. The third-order valence-electron chi connectivity index (χ3n) is 5.04. The van der Waals surface area contributed by atoms with E-state index < -0.39 is 28.7 Å². The van der Waals surface area contributed by atoms with Gasteiger partial charge >= 0.3 is 6.18 Å². The maximum atomic E-state index is 12.7. The number of carbonyl (C=O) groups is 1. The molecule has 1 aliphatic rings. The van der Waals surface area contributed by atoms with E-state index in [9.17, 15) is 26.4 Å². The second-order valence-corrected chi connectivity index (χ2v) is 9.39. The van der Waals surface area contributed by atoms with E-state index in [0.717, 1.165) is 11.1 Å². The fraction of sp³-hybridized carbons (Fsp3) is 0.474. The molecular formula is C19H23F3N4O3S. The van der Waals surface area contributed by atoms with Gasteiger partial charge in [0.15, 0.2) is 0 Å². The Morgan fingerprint density at radius 1 is 1.23 bits per heavy atom. The molecule has 3 rings (SSSR count). The first-order valence-electron chi connectivity index (χ1n) is 9.47. The van der Waals surface area contributed by atoms with Crippen LogP contribution in [0.4, 0.5) is 13.2 Å². The number of nitrogens with one attached hydrogen (secondary N) is 2. The van der Waals surface area contributed by atoms with Gasteiger partial charge in [-0.15, -0.1) is 0 Å². The summed E-state index contributed by atoms with van der Waals surface area (Å²) in [5.41, 5.74) is 2.28. The molecular weight excluding hydrogens is 421 g/mol. The number of carbonyl (C=O) groups excluding carboxylic acids is 1. The number of aryl methyl sites for hydroxylation is 1. The number of rotatable bonds is 6. The molecule has 0 atom stereocenters. The number of nitrogens with zero attached hydrogens (tertiary/aromatic N) is 2. The Hall–Kier alpha value is -2.40. The smallest absolute Gasteiger partial charge is 0.342 e. The molecule has 0 saturated carbocycles. The van der Waals surface area contributed by atoms with Gasteiger partial charge in [-0.05, 0) is 31.4 Å². The zero-order valence-corrected chi connectivity index (χ0v) is 17.2. The molecule has 0 unspecified atom stereocenters. The summed E-state index contributed by atoms with van der Waals surface area (Å²) in [6.45, 7) is 1.16. The third-order valence-corrected chi connectivity index (χ3v) is 6.89. The van der Waals surface area contributed by atoms with E-state index in [4.69, 9.17) is 0 Å². The highest BCUT2D eigenvalue weighted by Crippen LogP contribution is 2.29. The van der Waals surface area contributed by atoms with Gasteiger partial charge < -0.3 is 5.32 Å². The van der Waals surface area contributed by atoms with Crippen molar-refractivity contribution < 1.29 is 26.4 Å². The minimum Gasteiger partial charge on any atom is -0.342 e. The molecule has 1 aromatic heterocycles. The Morgan fingerprint density at radius 3 is 2.47 bits per heavy atom. The van der Waals surface area contributed by atoms with Crippen LogP contribution in [0, 0.1) is 6.92 Å². The SMILES string of the molecule is Cc1ccc(CS(=O)(=O)N2CCC(c3cc(C(=O)NCC(F)(F)F)n[nH]3)CC2)cc1. The van der Waals surface area contributed by atoms with E-state index in [0.29, 0.717) is 31.6 Å². The van der Waals surface area contributed by atoms with Crippen molar-refractivity contribution in [2.45, 2.75) is 37.6 Å². The van der Waals surface area contributed by atoms with Gasteiger partial charge in [0.1, 0.15) is 12.2 Å². The second-order valence-electron chi connectivity index (χ2n) is 7.42. The van der Waals surface area contributed by atoms with Gasteiger partial charge in [0.2, 0.25) is 10.0 Å². The summed E-state index contributed by atoms with van der Waals surface area (Å²) in [5, 5.41) is 8.25. The Morgan fingerprint density at radius 2 is 1.87 bits per heavy atom. The fourth-order valence-electron chi connectivity index (χ4n) is 3.36. The van der Waals surface area contributed by atoms with Crippen molar-refractivity contribution in [1.82, 2.24) is 19.8 Å². The van der Waals surface area contributed by atoms with Crippen LogP contribution in [0.5, 0.6) is 0 Å². The lowest BCUT2D eigenvalue weighted by Gasteiger charge is -2.30. The number of sulfonamides is 1. The monoisotopic (exact) mass is 444 g/mol. The predicted molar refractivity (Wildman–Crippen MR) is 104 cm³/mol. The Labute approximate surface area is 172 Å². The molecule has 1 aliphatic heterocycles. The summed E-state index contributed by atoms with van der Waals surface area (Å²) in [6, 6.07) is 8.77. The van der Waals surface area contributed by atoms with E-state index in [1.54, 1.807) is 17.4 Å². The maximum Gasteiger partial charge on any atom is 0.405 e. The Bertz CT molecular complexity index is 979. The number of aromatic amines is 1. The molecule has 0 bridgehead atoms. The van der Waals surface area contributed by atoms with Crippen LogP contribution in [-0.4, -0.2) is 54.6 Å². The molecule has 2 heterocycles. The van der Waals surface area contributed by atoms with Gasteiger partial charge in [-0.2, -0.15) is 18.3 Å². The molecule has 7 nitrogen and oxygen atoms in total. The van der Waals surface area contributed by atoms with Crippen molar-refractivity contribution in [2.24, 2.45) is 0 Å². The number of amides is 1. The summed E-state index contributed by atoms with van der Waals surface area (Å²) in [6.07, 6.45) is -3.44. The summed E-state index contributed by atoms with van der Waals surface area (Å²) >= 11 is 0. The quantitative estimate of drug-likeness (QED) is 0.716. The maximum absolute atomic E-state index is 12.7. The van der Waals surface area contributed by atoms with Crippen molar-refractivity contribution in [2.75, 3.05) is 19.6 Å². The van der Waals surface area contributed by atoms with E-state index in [1.807, 2.05) is 19.1 Å². The van der Waals surface area contributed by atoms with Crippen LogP contribution in [-0.2, 0) is 15.8 Å². The highest BCUT2D eigenvalue weighted by atomic mass is 32.2. The fourth-order valence-corrected chi connectivity index (χ4v) is 4.93. The average molecular weight is 444 g/mol. The second kappa shape index (κ2) is 8.76. The highest BCUT2D eigenvalue weighted by molar-refractivity contribution is 7.88. The number of alkyl halides is 3. The lowest BCUT2D eigenvalue weighted by molar-refractivity contribution is -0.123. The first-order chi connectivity index (χ1) is 14.0. The highest BCUT2D eigenvalue weighted by Gasteiger charge is 2.31. The van der Waals surface area contributed by atoms with Crippen molar-refractivity contribution in [1.29, 1.82) is 0 Å². The van der Waals surface area contributed by atoms with Crippen LogP contribution in [0.2, 0.25) is 0 Å². The van der Waals surface area contributed by atoms with Gasteiger partial charge in [0, 0.05) is 24.7 Å². The molecule has 164 valence electrons. The zero-order chi connectivity index (χ0) is 21.9. The third kappa shape index (κ3) is 5.82. The zero-order valence-electron chi connectivity index (χ0n) is 16.4. The summed E-state index contributed by atoms with van der Waals surface area (Å²) < 4.78 is 63.5. The molecule has 2 aromatic rings. The molecule has 0 aliphatic carbocycles. The Balaban J connectivity index is 1.56. The lowest BCUT2D eigenvalue weighted by Crippen LogP contribution is -2.38. The van der Waals surface area contributed by atoms with Crippen LogP contribution in [0.15, 0.2) is 30.3 Å². The molecule has 0 spiro atoms. The number of hydrogen-bond acceptors (Lipinski definition) is 4. The van der Waals surface area contributed by atoms with Crippen LogP contribution < -0.4 is 5.32 Å². The van der Waals surface area contributed by atoms with Gasteiger partial charge in [-0.3, -0.25) is 9.89 Å². The van der Waals surface area contributed by atoms with Crippen molar-refractivity contribution in [3.05, 3.63) is 52.8 Å². The van der Waals surface area contributed by atoms with E-state index in [1.165, 1.54) is 10.4 Å². The standard InChI is InChI=1S/C19H23F3N4O3S/c1-13-2-4-14(5-3-13)11-30(28,29)26-8-6-15(7-9-26)16-10-17(25-24-16)18(27)23-12-19(20,21)22/h2-5,10,15H,6-9,11-12H2,1H3,(H,23,27)(H,24,25). The molecule has 1 amide bonds. The number of hydrogen-bond donors (Lipinski definition) is 2. The molecule has 1 aromatic carbocycles. The summed E-state index contributed by atoms with van der Waals surface area (Å²) in [7, 11) is -3.45. The van der Waals surface area contributed by atoms with Crippen LogP contribution in [0.3, 0.4) is 0 Å². The van der Waals surface area contributed by atoms with Crippen molar-refractivity contribution >= 4 is 15.9 Å². The molecule has 30 heavy (non-hydrogen) atoms. The first-order valence-corrected chi connectivity index (χ1v) is 11.1. The van der Waals surface area contributed by atoms with Crippen LogP contribution in [0.25, 0.3) is 0 Å². The van der Waals surface area contributed by atoms with Gasteiger partial charge in [0.05, 0.1) is 5.75 Å². The van der Waals surface area contributed by atoms with Crippen molar-refractivity contribution in [3.63, 3.8) is 0 Å². The van der Waals surface area contributed by atoms with Gasteiger partial charge in [0.25, 0.3) is 5.91 Å². The van der Waals surface area contributed by atoms with Crippen LogP contribution >= 0.6 is 0 Å². The van der Waals surface area contributed by atoms with E-state index in [-0.39, 0.29) is 17.4 Å². The van der Waals surface area contributed by atoms with E-state index >= 15 is 0 Å². The summed E-state index contributed by atoms with van der Waals surface area (Å²) in [5.74, 6) is -1.02. The largest absolute Gasteiger partial charge is 0.405 e. The molecule has 11 heteroatoms. The molecule has 1 saturated heterocycles. The lowest BCUT2D eigenvalue weighted by atomic mass is 9.94. The number of aromatic nitrogens is 2. The van der Waals surface area contributed by atoms with Crippen molar-refractivity contribution in [3.8, 4) is 0 Å². The van der Waals surface area contributed by atoms with Crippen LogP contribution in [0.1, 0.15) is 46.1 Å². The molecule has 0 radical (unpaired) electrons. The predicted octanol–water partition coefficient (Wildman–Crippen LogP) is 2.72.